The Labute approximate surface area is 157 Å². The number of esters is 1. The van der Waals surface area contributed by atoms with Gasteiger partial charge in [0.1, 0.15) is 0 Å². The van der Waals surface area contributed by atoms with Crippen LogP contribution in [-0.2, 0) is 19.4 Å². The average Bonchev–Trinajstić information content (AvgIpc) is 3.22. The zero-order valence-electron chi connectivity index (χ0n) is 15.8. The SMILES string of the molecule is COC(=O)C[C@H](c1c(C)nn([C@H]2CCS(=O)(=O)C2)c1C)c1c(C)[nH][nH]c1=O. The maximum atomic E-state index is 12.3. The molecule has 0 spiro atoms. The van der Waals surface area contributed by atoms with E-state index in [1.165, 1.54) is 7.11 Å². The molecule has 0 bridgehead atoms. The molecule has 3 rings (SSSR count). The van der Waals surface area contributed by atoms with Crippen molar-refractivity contribution in [1.82, 2.24) is 20.0 Å². The summed E-state index contributed by atoms with van der Waals surface area (Å²) in [5.41, 5.74) is 3.01. The van der Waals surface area contributed by atoms with Crippen LogP contribution >= 0.6 is 0 Å². The van der Waals surface area contributed by atoms with Crippen LogP contribution in [0.15, 0.2) is 4.79 Å². The maximum absolute atomic E-state index is 12.3. The Bertz CT molecular complexity index is 1030. The van der Waals surface area contributed by atoms with Crippen molar-refractivity contribution >= 4 is 15.8 Å². The summed E-state index contributed by atoms with van der Waals surface area (Å²) in [6, 6.07) is -0.230. The van der Waals surface area contributed by atoms with E-state index in [-0.39, 0.29) is 29.5 Å². The predicted molar refractivity (Wildman–Crippen MR) is 98.6 cm³/mol. The van der Waals surface area contributed by atoms with E-state index in [1.807, 2.05) is 13.8 Å². The Hall–Kier alpha value is -2.36. The van der Waals surface area contributed by atoms with Gasteiger partial charge >= 0.3 is 5.97 Å². The highest BCUT2D eigenvalue weighted by Gasteiger charge is 2.34. The summed E-state index contributed by atoms with van der Waals surface area (Å²) < 4.78 is 30.3. The molecule has 2 N–H and O–H groups in total. The van der Waals surface area contributed by atoms with E-state index in [4.69, 9.17) is 4.74 Å². The van der Waals surface area contributed by atoms with E-state index < -0.39 is 21.7 Å². The van der Waals surface area contributed by atoms with Gasteiger partial charge in [-0.25, -0.2) is 8.42 Å². The van der Waals surface area contributed by atoms with Crippen molar-refractivity contribution in [1.29, 1.82) is 0 Å². The first-order chi connectivity index (χ1) is 12.6. The van der Waals surface area contributed by atoms with Gasteiger partial charge in [0.05, 0.1) is 36.8 Å². The van der Waals surface area contributed by atoms with Gasteiger partial charge < -0.3 is 9.84 Å². The van der Waals surface area contributed by atoms with Crippen LogP contribution in [0.25, 0.3) is 0 Å². The number of carbonyl (C=O) groups excluding carboxylic acids is 1. The van der Waals surface area contributed by atoms with Crippen molar-refractivity contribution in [3.8, 4) is 0 Å². The fourth-order valence-electron chi connectivity index (χ4n) is 3.98. The highest BCUT2D eigenvalue weighted by Crippen LogP contribution is 2.35. The monoisotopic (exact) mass is 396 g/mol. The van der Waals surface area contributed by atoms with Gasteiger partial charge in [-0.3, -0.25) is 19.4 Å². The Morgan fingerprint density at radius 3 is 2.52 bits per heavy atom. The Balaban J connectivity index is 2.10. The van der Waals surface area contributed by atoms with Gasteiger partial charge in [0, 0.05) is 28.4 Å². The fourth-order valence-corrected chi connectivity index (χ4v) is 5.67. The summed E-state index contributed by atoms with van der Waals surface area (Å²) in [6.45, 7) is 5.42. The maximum Gasteiger partial charge on any atom is 0.306 e. The number of methoxy groups -OCH3 is 1. The van der Waals surface area contributed by atoms with Crippen LogP contribution in [0.5, 0.6) is 0 Å². The molecule has 2 aromatic heterocycles. The number of nitrogens with zero attached hydrogens (tertiary/aromatic N) is 2. The molecule has 0 aliphatic carbocycles. The van der Waals surface area contributed by atoms with E-state index >= 15 is 0 Å². The third-order valence-corrected chi connectivity index (χ3v) is 6.99. The van der Waals surface area contributed by atoms with Crippen molar-refractivity contribution in [3.05, 3.63) is 38.6 Å². The van der Waals surface area contributed by atoms with Gasteiger partial charge in [0.15, 0.2) is 9.84 Å². The molecule has 2 aromatic rings. The van der Waals surface area contributed by atoms with Crippen LogP contribution in [0.4, 0.5) is 0 Å². The van der Waals surface area contributed by atoms with Gasteiger partial charge in [-0.15, -0.1) is 0 Å². The van der Waals surface area contributed by atoms with Crippen molar-refractivity contribution in [2.75, 3.05) is 18.6 Å². The smallest absolute Gasteiger partial charge is 0.306 e. The number of sulfone groups is 1. The normalized spacial score (nSPS) is 19.9. The third kappa shape index (κ3) is 3.58. The number of aryl methyl sites for hydroxylation is 2. The first-order valence-electron chi connectivity index (χ1n) is 8.74. The van der Waals surface area contributed by atoms with Crippen LogP contribution < -0.4 is 5.56 Å². The number of ether oxygens (including phenoxy) is 1. The minimum absolute atomic E-state index is 0.00535. The van der Waals surface area contributed by atoms with Crippen LogP contribution in [-0.4, -0.2) is 53.0 Å². The lowest BCUT2D eigenvalue weighted by atomic mass is 9.87. The van der Waals surface area contributed by atoms with Gasteiger partial charge in [0.25, 0.3) is 5.56 Å². The Kier molecular flexibility index (Phi) is 5.02. The van der Waals surface area contributed by atoms with Crippen molar-refractivity contribution < 1.29 is 17.9 Å². The van der Waals surface area contributed by atoms with E-state index in [0.29, 0.717) is 23.4 Å². The van der Waals surface area contributed by atoms with Crippen LogP contribution in [0, 0.1) is 20.8 Å². The highest BCUT2D eigenvalue weighted by molar-refractivity contribution is 7.91. The average molecular weight is 396 g/mol. The third-order valence-electron chi connectivity index (χ3n) is 5.24. The number of hydrogen-bond acceptors (Lipinski definition) is 6. The second kappa shape index (κ2) is 6.99. The predicted octanol–water partition coefficient (Wildman–Crippen LogP) is 0.879. The van der Waals surface area contributed by atoms with Gasteiger partial charge in [0.2, 0.25) is 0 Å². The molecule has 0 amide bonds. The molecule has 1 aliphatic heterocycles. The molecule has 27 heavy (non-hydrogen) atoms. The lowest BCUT2D eigenvalue weighted by molar-refractivity contribution is -0.140. The van der Waals surface area contributed by atoms with Crippen LogP contribution in [0.1, 0.15) is 53.0 Å². The van der Waals surface area contributed by atoms with Gasteiger partial charge in [-0.05, 0) is 27.2 Å². The van der Waals surface area contributed by atoms with E-state index in [1.54, 1.807) is 11.6 Å². The number of rotatable bonds is 5. The summed E-state index contributed by atoms with van der Waals surface area (Å²) in [5.74, 6) is -0.762. The first-order valence-corrected chi connectivity index (χ1v) is 10.6. The summed E-state index contributed by atoms with van der Waals surface area (Å²) in [5, 5.41) is 9.90. The second-order valence-electron chi connectivity index (χ2n) is 7.04. The minimum Gasteiger partial charge on any atom is -0.469 e. The molecule has 148 valence electrons. The molecule has 9 nitrogen and oxygen atoms in total. The number of carbonyl (C=O) groups is 1. The first kappa shape index (κ1) is 19.4. The molecule has 0 saturated carbocycles. The van der Waals surface area contributed by atoms with Crippen molar-refractivity contribution in [3.63, 3.8) is 0 Å². The van der Waals surface area contributed by atoms with E-state index in [0.717, 1.165) is 11.3 Å². The number of nitrogens with one attached hydrogen (secondary N) is 2. The lowest BCUT2D eigenvalue weighted by Gasteiger charge is -2.17. The molecule has 0 aromatic carbocycles. The number of aromatic amines is 2. The molecule has 10 heteroatoms. The molecule has 1 fully saturated rings. The summed E-state index contributed by atoms with van der Waals surface area (Å²) >= 11 is 0. The lowest BCUT2D eigenvalue weighted by Crippen LogP contribution is -2.19. The summed E-state index contributed by atoms with van der Waals surface area (Å²) in [4.78, 5) is 24.4. The zero-order valence-corrected chi connectivity index (χ0v) is 16.6. The van der Waals surface area contributed by atoms with Gasteiger partial charge in [-0.1, -0.05) is 0 Å². The number of hydrogen-bond donors (Lipinski definition) is 2. The minimum atomic E-state index is -3.06. The molecular formula is C17H24N4O5S. The van der Waals surface area contributed by atoms with Crippen molar-refractivity contribution in [2.45, 2.75) is 45.6 Å². The summed E-state index contributed by atoms with van der Waals surface area (Å²) in [7, 11) is -1.75. The number of H-pyrrole nitrogens is 2. The highest BCUT2D eigenvalue weighted by atomic mass is 32.2. The Morgan fingerprint density at radius 2 is 2.00 bits per heavy atom. The van der Waals surface area contributed by atoms with Crippen LogP contribution in [0.3, 0.4) is 0 Å². The molecule has 1 aliphatic rings. The topological polar surface area (TPSA) is 127 Å². The number of aromatic nitrogens is 4. The standard InChI is InChI=1S/C17H24N4O5S/c1-9-16(17(23)19-18-9)13(7-14(22)26-4)15-10(2)20-21(11(15)3)12-5-6-27(24,25)8-12/h12-13H,5-8H2,1-4H3,(H2,18,19,23)/t12-,13+/m0/s1. The van der Waals surface area contributed by atoms with Crippen molar-refractivity contribution in [2.24, 2.45) is 0 Å². The zero-order chi connectivity index (χ0) is 19.9. The van der Waals surface area contributed by atoms with Crippen LogP contribution in [0.2, 0.25) is 0 Å². The van der Waals surface area contributed by atoms with E-state index in [9.17, 15) is 18.0 Å². The molecule has 0 radical (unpaired) electrons. The molecule has 3 heterocycles. The quantitative estimate of drug-likeness (QED) is 0.722. The fraction of sp³-hybridized carbons (Fsp3) is 0.588. The van der Waals surface area contributed by atoms with Gasteiger partial charge in [-0.2, -0.15) is 5.10 Å². The molecule has 1 saturated heterocycles. The largest absolute Gasteiger partial charge is 0.469 e. The molecule has 0 unspecified atom stereocenters. The summed E-state index contributed by atoms with van der Waals surface area (Å²) in [6.07, 6.45) is 0.504. The molecular weight excluding hydrogens is 372 g/mol. The second-order valence-corrected chi connectivity index (χ2v) is 9.27. The molecule has 2 atom stereocenters. The van der Waals surface area contributed by atoms with E-state index in [2.05, 4.69) is 15.3 Å². The Morgan fingerprint density at radius 1 is 1.30 bits per heavy atom.